The Balaban J connectivity index is 2.75. The van der Waals surface area contributed by atoms with Crippen LogP contribution in [-0.2, 0) is 0 Å². The van der Waals surface area contributed by atoms with E-state index in [2.05, 4.69) is 9.97 Å². The summed E-state index contributed by atoms with van der Waals surface area (Å²) in [4.78, 5) is 19.5. The number of halogens is 1. The highest BCUT2D eigenvalue weighted by Crippen LogP contribution is 2.35. The highest BCUT2D eigenvalue weighted by molar-refractivity contribution is 6.32. The third-order valence-corrected chi connectivity index (χ3v) is 3.08. The Hall–Kier alpha value is -2.14. The van der Waals surface area contributed by atoms with Crippen molar-refractivity contribution in [1.29, 1.82) is 0 Å². The van der Waals surface area contributed by atoms with Crippen LogP contribution in [-0.4, -0.2) is 30.5 Å². The number of aromatic nitrogens is 2. The molecule has 0 atom stereocenters. The summed E-state index contributed by atoms with van der Waals surface area (Å²) in [6.07, 6.45) is 0.635. The molecule has 0 spiro atoms. The van der Waals surface area contributed by atoms with E-state index in [1.807, 2.05) is 0 Å². The minimum absolute atomic E-state index is 0.118. The van der Waals surface area contributed by atoms with Crippen LogP contribution in [0, 0.1) is 6.92 Å². The number of carbonyl (C=O) groups is 1. The first-order valence-corrected chi connectivity index (χ1v) is 6.20. The summed E-state index contributed by atoms with van der Waals surface area (Å²) >= 11 is 6.00. The summed E-state index contributed by atoms with van der Waals surface area (Å²) in [6, 6.07) is 5.25. The minimum atomic E-state index is 0.118. The molecule has 0 fully saturated rings. The van der Waals surface area contributed by atoms with Gasteiger partial charge in [0.25, 0.3) is 0 Å². The van der Waals surface area contributed by atoms with Gasteiger partial charge in [0.05, 0.1) is 25.5 Å². The molecule has 1 aromatic heterocycles. The van der Waals surface area contributed by atoms with Gasteiger partial charge >= 0.3 is 0 Å². The van der Waals surface area contributed by atoms with Gasteiger partial charge in [-0.3, -0.25) is 4.79 Å². The second kappa shape index (κ2) is 5.88. The van der Waals surface area contributed by atoms with E-state index in [1.165, 1.54) is 0 Å². The summed E-state index contributed by atoms with van der Waals surface area (Å²) in [7, 11) is 3.10. The van der Waals surface area contributed by atoms with Crippen molar-refractivity contribution in [2.24, 2.45) is 0 Å². The monoisotopic (exact) mass is 292 g/mol. The molecule has 20 heavy (non-hydrogen) atoms. The summed E-state index contributed by atoms with van der Waals surface area (Å²) in [6.45, 7) is 1.70. The van der Waals surface area contributed by atoms with E-state index in [-0.39, 0.29) is 10.7 Å². The molecule has 0 radical (unpaired) electrons. The van der Waals surface area contributed by atoms with Gasteiger partial charge in [-0.2, -0.15) is 0 Å². The van der Waals surface area contributed by atoms with Gasteiger partial charge in [-0.15, -0.1) is 0 Å². The Kier molecular flexibility index (Phi) is 4.20. The molecular weight excluding hydrogens is 280 g/mol. The normalized spacial score (nSPS) is 10.2. The Labute approximate surface area is 121 Å². The van der Waals surface area contributed by atoms with Crippen molar-refractivity contribution in [3.8, 4) is 22.8 Å². The van der Waals surface area contributed by atoms with Crippen LogP contribution in [0.3, 0.4) is 0 Å². The molecule has 0 saturated carbocycles. The van der Waals surface area contributed by atoms with E-state index >= 15 is 0 Å². The minimum Gasteiger partial charge on any atom is -0.497 e. The highest BCUT2D eigenvalue weighted by atomic mass is 35.5. The number of ether oxygens (including phenoxy) is 2. The van der Waals surface area contributed by atoms with E-state index < -0.39 is 0 Å². The SMILES string of the molecule is COc1ccc(OC)c(-c2nc(C)nc(Cl)c2C=O)c1. The van der Waals surface area contributed by atoms with E-state index in [1.54, 1.807) is 39.3 Å². The molecule has 0 bridgehead atoms. The molecular formula is C14H13ClN2O3. The first-order valence-electron chi connectivity index (χ1n) is 5.82. The van der Waals surface area contributed by atoms with Crippen molar-refractivity contribution >= 4 is 17.9 Å². The third-order valence-electron chi connectivity index (χ3n) is 2.79. The van der Waals surface area contributed by atoms with Crippen LogP contribution < -0.4 is 9.47 Å². The van der Waals surface area contributed by atoms with Crippen molar-refractivity contribution < 1.29 is 14.3 Å². The molecule has 104 valence electrons. The third kappa shape index (κ3) is 2.58. The van der Waals surface area contributed by atoms with Gasteiger partial charge in [0, 0.05) is 5.56 Å². The molecule has 5 nitrogen and oxygen atoms in total. The number of aryl methyl sites for hydroxylation is 1. The molecule has 0 unspecified atom stereocenters. The van der Waals surface area contributed by atoms with Gasteiger partial charge in [-0.1, -0.05) is 11.6 Å². The molecule has 0 aliphatic carbocycles. The van der Waals surface area contributed by atoms with E-state index in [4.69, 9.17) is 21.1 Å². The smallest absolute Gasteiger partial charge is 0.155 e. The topological polar surface area (TPSA) is 61.3 Å². The van der Waals surface area contributed by atoms with Crippen LogP contribution in [0.5, 0.6) is 11.5 Å². The van der Waals surface area contributed by atoms with E-state index in [9.17, 15) is 4.79 Å². The second-order valence-electron chi connectivity index (χ2n) is 4.01. The number of aldehydes is 1. The fraction of sp³-hybridized carbons (Fsp3) is 0.214. The van der Waals surface area contributed by atoms with Gasteiger partial charge in [-0.25, -0.2) is 9.97 Å². The number of hydrogen-bond acceptors (Lipinski definition) is 5. The lowest BCUT2D eigenvalue weighted by molar-refractivity contribution is 0.112. The number of nitrogens with zero attached hydrogens (tertiary/aromatic N) is 2. The van der Waals surface area contributed by atoms with Gasteiger partial charge in [0.2, 0.25) is 0 Å². The van der Waals surface area contributed by atoms with Crippen LogP contribution in [0.4, 0.5) is 0 Å². The maximum atomic E-state index is 11.3. The Bertz CT molecular complexity index is 659. The maximum absolute atomic E-state index is 11.3. The van der Waals surface area contributed by atoms with Crippen LogP contribution >= 0.6 is 11.6 Å². The van der Waals surface area contributed by atoms with Crippen molar-refractivity contribution in [2.45, 2.75) is 6.92 Å². The zero-order chi connectivity index (χ0) is 14.7. The van der Waals surface area contributed by atoms with Crippen LogP contribution in [0.25, 0.3) is 11.3 Å². The standard InChI is InChI=1S/C14H13ClN2O3/c1-8-16-13(11(7-18)14(15)17-8)10-6-9(19-2)4-5-12(10)20-3/h4-7H,1-3H3. The number of carbonyl (C=O) groups excluding carboxylic acids is 1. The predicted molar refractivity (Wildman–Crippen MR) is 75.7 cm³/mol. The number of benzene rings is 1. The maximum Gasteiger partial charge on any atom is 0.155 e. The van der Waals surface area contributed by atoms with Gasteiger partial charge in [-0.05, 0) is 25.1 Å². The van der Waals surface area contributed by atoms with Crippen LogP contribution in [0.15, 0.2) is 18.2 Å². The summed E-state index contributed by atoms with van der Waals surface area (Å²) in [5.41, 5.74) is 1.28. The Morgan fingerprint density at radius 3 is 2.55 bits per heavy atom. The first kappa shape index (κ1) is 14.3. The number of hydrogen-bond donors (Lipinski definition) is 0. The zero-order valence-corrected chi connectivity index (χ0v) is 12.1. The average molecular weight is 293 g/mol. The van der Waals surface area contributed by atoms with Crippen LogP contribution in [0.2, 0.25) is 5.15 Å². The lowest BCUT2D eigenvalue weighted by atomic mass is 10.1. The summed E-state index contributed by atoms with van der Waals surface area (Å²) < 4.78 is 10.5. The Morgan fingerprint density at radius 1 is 1.20 bits per heavy atom. The lowest BCUT2D eigenvalue weighted by Gasteiger charge is -2.12. The Morgan fingerprint density at radius 2 is 1.95 bits per heavy atom. The highest BCUT2D eigenvalue weighted by Gasteiger charge is 2.17. The number of methoxy groups -OCH3 is 2. The van der Waals surface area contributed by atoms with Crippen molar-refractivity contribution in [3.63, 3.8) is 0 Å². The molecule has 0 N–H and O–H groups in total. The molecule has 0 aliphatic rings. The van der Waals surface area contributed by atoms with Crippen molar-refractivity contribution in [1.82, 2.24) is 9.97 Å². The van der Waals surface area contributed by atoms with Crippen molar-refractivity contribution in [2.75, 3.05) is 14.2 Å². The molecule has 0 aliphatic heterocycles. The summed E-state index contributed by atoms with van der Waals surface area (Å²) in [5, 5.41) is 0.118. The molecule has 1 heterocycles. The molecule has 2 aromatic rings. The van der Waals surface area contributed by atoms with Gasteiger partial charge in [0.15, 0.2) is 6.29 Å². The molecule has 2 rings (SSSR count). The van der Waals surface area contributed by atoms with Gasteiger partial charge < -0.3 is 9.47 Å². The molecule has 0 amide bonds. The zero-order valence-electron chi connectivity index (χ0n) is 11.3. The summed E-state index contributed by atoms with van der Waals surface area (Å²) in [5.74, 6) is 1.67. The van der Waals surface area contributed by atoms with E-state index in [0.29, 0.717) is 34.9 Å². The fourth-order valence-electron chi connectivity index (χ4n) is 1.86. The van der Waals surface area contributed by atoms with Gasteiger partial charge in [0.1, 0.15) is 22.5 Å². The molecule has 1 aromatic carbocycles. The lowest BCUT2D eigenvalue weighted by Crippen LogP contribution is -2.01. The largest absolute Gasteiger partial charge is 0.497 e. The fourth-order valence-corrected chi connectivity index (χ4v) is 2.11. The first-order chi connectivity index (χ1) is 9.60. The average Bonchev–Trinajstić information content (AvgIpc) is 2.45. The predicted octanol–water partition coefficient (Wildman–Crippen LogP) is 2.94. The second-order valence-corrected chi connectivity index (χ2v) is 4.37. The molecule has 0 saturated heterocycles. The number of rotatable bonds is 4. The van der Waals surface area contributed by atoms with E-state index in [0.717, 1.165) is 0 Å². The molecule has 6 heteroatoms. The quantitative estimate of drug-likeness (QED) is 0.640. The van der Waals surface area contributed by atoms with Crippen LogP contribution in [0.1, 0.15) is 16.2 Å². The van der Waals surface area contributed by atoms with Crippen molar-refractivity contribution in [3.05, 3.63) is 34.7 Å².